The molecule has 1 aromatic heterocycles. The summed E-state index contributed by atoms with van der Waals surface area (Å²) in [5.74, 6) is -0.332. The summed E-state index contributed by atoms with van der Waals surface area (Å²) in [6, 6.07) is 0. The van der Waals surface area contributed by atoms with Gasteiger partial charge in [0.05, 0.1) is 5.21 Å². The maximum Gasteiger partial charge on any atom is 0.414 e. The average Bonchev–Trinajstić information content (AvgIpc) is 2.34. The van der Waals surface area contributed by atoms with Crippen molar-refractivity contribution in [2.24, 2.45) is 0 Å². The highest BCUT2D eigenvalue weighted by Gasteiger charge is 2.11. The predicted octanol–water partition coefficient (Wildman–Crippen LogP) is -0.755. The van der Waals surface area contributed by atoms with E-state index in [1.165, 1.54) is 7.11 Å². The van der Waals surface area contributed by atoms with E-state index in [1.807, 2.05) is 0 Å². The SMILES string of the molecule is COn1cc([N+](=O)[O-])nn1. The molecule has 0 N–H and O–H groups in total. The summed E-state index contributed by atoms with van der Waals surface area (Å²) in [5.41, 5.74) is 0. The Kier molecular flexibility index (Phi) is 1.48. The second kappa shape index (κ2) is 2.29. The molecule has 0 fully saturated rings. The van der Waals surface area contributed by atoms with Crippen LogP contribution in [0.1, 0.15) is 0 Å². The minimum absolute atomic E-state index is 0.332. The summed E-state index contributed by atoms with van der Waals surface area (Å²) in [6.45, 7) is 0. The van der Waals surface area contributed by atoms with E-state index in [0.29, 0.717) is 0 Å². The van der Waals surface area contributed by atoms with Crippen LogP contribution in [0.25, 0.3) is 0 Å². The Labute approximate surface area is 55.3 Å². The van der Waals surface area contributed by atoms with Crippen LogP contribution in [0.3, 0.4) is 0 Å². The van der Waals surface area contributed by atoms with Crippen molar-refractivity contribution >= 4 is 5.82 Å². The molecule has 0 spiro atoms. The average molecular weight is 144 g/mol. The van der Waals surface area contributed by atoms with Gasteiger partial charge in [0.1, 0.15) is 12.2 Å². The molecule has 0 amide bonds. The molecule has 1 aromatic rings. The minimum Gasteiger partial charge on any atom is -0.397 e. The van der Waals surface area contributed by atoms with Gasteiger partial charge in [-0.15, -0.1) is 0 Å². The van der Waals surface area contributed by atoms with Crippen LogP contribution in [0.15, 0.2) is 6.20 Å². The second-order valence-electron chi connectivity index (χ2n) is 1.42. The normalized spacial score (nSPS) is 9.30. The molecular formula is C3H4N4O3. The van der Waals surface area contributed by atoms with E-state index >= 15 is 0 Å². The monoisotopic (exact) mass is 144 g/mol. The van der Waals surface area contributed by atoms with Gasteiger partial charge >= 0.3 is 5.82 Å². The molecular weight excluding hydrogens is 140 g/mol. The molecule has 0 unspecified atom stereocenters. The van der Waals surface area contributed by atoms with Gasteiger partial charge in [0.25, 0.3) is 0 Å². The zero-order valence-corrected chi connectivity index (χ0v) is 5.09. The molecule has 1 rings (SSSR count). The van der Waals surface area contributed by atoms with E-state index in [2.05, 4.69) is 15.1 Å². The van der Waals surface area contributed by atoms with Gasteiger partial charge in [0.15, 0.2) is 6.20 Å². The molecule has 0 saturated heterocycles. The Bertz CT molecular complexity index is 244. The summed E-state index contributed by atoms with van der Waals surface area (Å²) in [7, 11) is 1.33. The van der Waals surface area contributed by atoms with Crippen molar-refractivity contribution < 1.29 is 9.76 Å². The van der Waals surface area contributed by atoms with E-state index in [9.17, 15) is 10.1 Å². The lowest BCUT2D eigenvalue weighted by molar-refractivity contribution is -0.389. The third-order valence-electron chi connectivity index (χ3n) is 0.835. The summed E-state index contributed by atoms with van der Waals surface area (Å²) >= 11 is 0. The largest absolute Gasteiger partial charge is 0.414 e. The van der Waals surface area contributed by atoms with Crippen LogP contribution >= 0.6 is 0 Å². The number of nitro groups is 1. The van der Waals surface area contributed by atoms with Gasteiger partial charge in [0.2, 0.25) is 0 Å². The van der Waals surface area contributed by atoms with Crippen LogP contribution in [0.4, 0.5) is 5.82 Å². The molecule has 0 atom stereocenters. The van der Waals surface area contributed by atoms with Crippen LogP contribution in [0.5, 0.6) is 0 Å². The van der Waals surface area contributed by atoms with Gasteiger partial charge in [-0.1, -0.05) is 4.85 Å². The van der Waals surface area contributed by atoms with Gasteiger partial charge in [-0.3, -0.25) is 0 Å². The third kappa shape index (κ3) is 1.02. The first kappa shape index (κ1) is 6.46. The molecule has 0 aliphatic rings. The van der Waals surface area contributed by atoms with Crippen LogP contribution in [0.2, 0.25) is 0 Å². The van der Waals surface area contributed by atoms with Crippen molar-refractivity contribution in [3.05, 3.63) is 16.3 Å². The molecule has 0 aliphatic heterocycles. The van der Waals surface area contributed by atoms with Crippen LogP contribution in [-0.2, 0) is 0 Å². The van der Waals surface area contributed by atoms with Crippen molar-refractivity contribution in [1.29, 1.82) is 0 Å². The summed E-state index contributed by atoms with van der Waals surface area (Å²) in [6.07, 6.45) is 1.07. The van der Waals surface area contributed by atoms with Crippen molar-refractivity contribution in [2.75, 3.05) is 7.11 Å². The number of rotatable bonds is 2. The molecule has 1 heterocycles. The van der Waals surface area contributed by atoms with Gasteiger partial charge < -0.3 is 15.0 Å². The van der Waals surface area contributed by atoms with Crippen molar-refractivity contribution in [3.8, 4) is 0 Å². The Balaban J connectivity index is 2.88. The highest BCUT2D eigenvalue weighted by molar-refractivity contribution is 5.07. The lowest BCUT2D eigenvalue weighted by atomic mass is 10.8. The molecule has 0 aromatic carbocycles. The first-order valence-electron chi connectivity index (χ1n) is 2.35. The third-order valence-corrected chi connectivity index (χ3v) is 0.835. The van der Waals surface area contributed by atoms with E-state index in [-0.39, 0.29) is 5.82 Å². The van der Waals surface area contributed by atoms with Crippen molar-refractivity contribution in [3.63, 3.8) is 0 Å². The van der Waals surface area contributed by atoms with Crippen LogP contribution in [-0.4, -0.2) is 27.2 Å². The fraction of sp³-hybridized carbons (Fsp3) is 0.333. The Morgan fingerprint density at radius 3 is 2.90 bits per heavy atom. The molecule has 10 heavy (non-hydrogen) atoms. The van der Waals surface area contributed by atoms with E-state index in [4.69, 9.17) is 0 Å². The zero-order chi connectivity index (χ0) is 7.56. The van der Waals surface area contributed by atoms with Crippen LogP contribution < -0.4 is 4.84 Å². The second-order valence-corrected chi connectivity index (χ2v) is 1.42. The summed E-state index contributed by atoms with van der Waals surface area (Å²) in [4.78, 5) is 14.7. The quantitative estimate of drug-likeness (QED) is 0.402. The van der Waals surface area contributed by atoms with Gasteiger partial charge in [0, 0.05) is 0 Å². The molecule has 54 valence electrons. The predicted molar refractivity (Wildman–Crippen MR) is 29.2 cm³/mol. The molecule has 0 saturated carbocycles. The maximum atomic E-state index is 9.96. The number of nitrogens with zero attached hydrogens (tertiary/aromatic N) is 4. The van der Waals surface area contributed by atoms with E-state index in [0.717, 1.165) is 11.0 Å². The lowest BCUT2D eigenvalue weighted by Crippen LogP contribution is -2.05. The molecule has 0 aliphatic carbocycles. The zero-order valence-electron chi connectivity index (χ0n) is 5.09. The Morgan fingerprint density at radius 1 is 1.90 bits per heavy atom. The lowest BCUT2D eigenvalue weighted by Gasteiger charge is -1.88. The fourth-order valence-corrected chi connectivity index (χ4v) is 0.413. The highest BCUT2D eigenvalue weighted by atomic mass is 16.7. The summed E-state index contributed by atoms with van der Waals surface area (Å²) < 4.78 is 0. The smallest absolute Gasteiger partial charge is 0.397 e. The van der Waals surface area contributed by atoms with E-state index in [1.54, 1.807) is 0 Å². The Morgan fingerprint density at radius 2 is 2.60 bits per heavy atom. The van der Waals surface area contributed by atoms with Crippen molar-refractivity contribution in [1.82, 2.24) is 15.2 Å². The molecule has 7 heteroatoms. The maximum absolute atomic E-state index is 9.96. The molecule has 7 nitrogen and oxygen atoms in total. The van der Waals surface area contributed by atoms with Gasteiger partial charge in [-0.2, -0.15) is 0 Å². The number of aromatic nitrogens is 3. The van der Waals surface area contributed by atoms with Crippen LogP contribution in [0, 0.1) is 10.1 Å². The standard InChI is InChI=1S/C3H4N4O3/c1-10-6-2-3(4-5-6)7(8)9/h2H,1H3. The summed E-state index contributed by atoms with van der Waals surface area (Å²) in [5, 5.41) is 16.4. The fourth-order valence-electron chi connectivity index (χ4n) is 0.413. The molecule has 0 bridgehead atoms. The number of hydrogen-bond acceptors (Lipinski definition) is 5. The topological polar surface area (TPSA) is 83.1 Å². The molecule has 0 radical (unpaired) electrons. The highest BCUT2D eigenvalue weighted by Crippen LogP contribution is 2.00. The Hall–Kier alpha value is -1.66. The van der Waals surface area contributed by atoms with Crippen molar-refractivity contribution in [2.45, 2.75) is 0 Å². The minimum atomic E-state index is -0.650. The van der Waals surface area contributed by atoms with Gasteiger partial charge in [-0.05, 0) is 4.92 Å². The van der Waals surface area contributed by atoms with Gasteiger partial charge in [-0.25, -0.2) is 0 Å². The first-order valence-corrected chi connectivity index (χ1v) is 2.35. The number of hydrogen-bond donors (Lipinski definition) is 0. The van der Waals surface area contributed by atoms with E-state index < -0.39 is 4.92 Å². The first-order chi connectivity index (χ1) is 4.74.